The number of hydrogen-bond donors (Lipinski definition) is 1. The van der Waals surface area contributed by atoms with E-state index in [2.05, 4.69) is 4.99 Å². The van der Waals surface area contributed by atoms with Crippen LogP contribution in [-0.4, -0.2) is 19.1 Å². The smallest absolute Gasteiger partial charge is 0.296 e. The van der Waals surface area contributed by atoms with Gasteiger partial charge in [-0.1, -0.05) is 23.2 Å². The fourth-order valence-corrected chi connectivity index (χ4v) is 2.71. The highest BCUT2D eigenvalue weighted by Gasteiger charge is 2.19. The van der Waals surface area contributed by atoms with Crippen LogP contribution in [0.25, 0.3) is 0 Å². The van der Waals surface area contributed by atoms with Crippen molar-refractivity contribution in [3.63, 3.8) is 0 Å². The van der Waals surface area contributed by atoms with Crippen molar-refractivity contribution < 1.29 is 22.5 Å². The summed E-state index contributed by atoms with van der Waals surface area (Å²) in [6, 6.07) is 8.19. The Morgan fingerprint density at radius 3 is 2.32 bits per heavy atom. The zero-order valence-corrected chi connectivity index (χ0v) is 13.0. The highest BCUT2D eigenvalue weighted by molar-refractivity contribution is 7.86. The Kier molecular flexibility index (Phi) is 4.85. The average molecular weight is 360 g/mol. The minimum absolute atomic E-state index is 0.0395. The van der Waals surface area contributed by atoms with E-state index in [4.69, 9.17) is 32.5 Å². The molecule has 2 rings (SSSR count). The summed E-state index contributed by atoms with van der Waals surface area (Å²) in [6.45, 7) is 0. The van der Waals surface area contributed by atoms with Gasteiger partial charge in [0, 0.05) is 11.1 Å². The maximum Gasteiger partial charge on any atom is 0.296 e. The number of ether oxygens (including phenoxy) is 1. The van der Waals surface area contributed by atoms with Crippen molar-refractivity contribution in [1.29, 1.82) is 0 Å². The second-order valence-corrected chi connectivity index (χ2v) is 6.22. The molecular formula is C13H7Cl2NO5S. The van der Waals surface area contributed by atoms with Gasteiger partial charge in [0.15, 0.2) is 5.75 Å². The monoisotopic (exact) mass is 359 g/mol. The molecule has 0 saturated carbocycles. The molecule has 0 unspecified atom stereocenters. The van der Waals surface area contributed by atoms with Gasteiger partial charge in [-0.25, -0.2) is 4.79 Å². The number of aliphatic imine (C=N–C) groups is 1. The van der Waals surface area contributed by atoms with Crippen molar-refractivity contribution in [3.05, 3.63) is 46.4 Å². The van der Waals surface area contributed by atoms with Crippen molar-refractivity contribution in [3.8, 4) is 11.5 Å². The van der Waals surface area contributed by atoms with Gasteiger partial charge in [0.1, 0.15) is 16.3 Å². The van der Waals surface area contributed by atoms with Gasteiger partial charge in [-0.2, -0.15) is 13.4 Å². The summed E-state index contributed by atoms with van der Waals surface area (Å²) in [4.78, 5) is 13.3. The molecule has 0 atom stereocenters. The quantitative estimate of drug-likeness (QED) is 0.505. The van der Waals surface area contributed by atoms with E-state index < -0.39 is 15.0 Å². The Morgan fingerprint density at radius 2 is 1.77 bits per heavy atom. The molecule has 0 radical (unpaired) electrons. The van der Waals surface area contributed by atoms with Crippen molar-refractivity contribution in [2.45, 2.75) is 4.90 Å². The van der Waals surface area contributed by atoms with E-state index >= 15 is 0 Å². The van der Waals surface area contributed by atoms with Gasteiger partial charge in [-0.05, 0) is 30.3 Å². The predicted molar refractivity (Wildman–Crippen MR) is 80.6 cm³/mol. The molecule has 22 heavy (non-hydrogen) atoms. The first-order valence-electron chi connectivity index (χ1n) is 5.63. The molecule has 0 saturated heterocycles. The van der Waals surface area contributed by atoms with Gasteiger partial charge in [0.05, 0.1) is 5.02 Å². The van der Waals surface area contributed by atoms with Crippen LogP contribution >= 0.6 is 23.2 Å². The number of benzene rings is 2. The summed E-state index contributed by atoms with van der Waals surface area (Å²) >= 11 is 11.5. The molecule has 0 aliphatic rings. The second-order valence-electron chi connectivity index (χ2n) is 3.98. The first kappa shape index (κ1) is 16.5. The maximum absolute atomic E-state index is 11.3. The van der Waals surface area contributed by atoms with Crippen LogP contribution in [0.2, 0.25) is 10.0 Å². The lowest BCUT2D eigenvalue weighted by Crippen LogP contribution is -2.00. The van der Waals surface area contributed by atoms with Gasteiger partial charge >= 0.3 is 0 Å². The zero-order chi connectivity index (χ0) is 16.3. The van der Waals surface area contributed by atoms with Crippen molar-refractivity contribution in [1.82, 2.24) is 0 Å². The number of nitrogens with zero attached hydrogens (tertiary/aromatic N) is 1. The number of halogens is 2. The molecule has 9 heteroatoms. The number of carbonyl (C=O) groups excluding carboxylic acids is 1. The molecule has 2 aromatic carbocycles. The fourth-order valence-electron chi connectivity index (χ4n) is 1.57. The third-order valence-corrected chi connectivity index (χ3v) is 4.07. The van der Waals surface area contributed by atoms with Crippen LogP contribution in [0, 0.1) is 0 Å². The molecule has 0 aliphatic carbocycles. The van der Waals surface area contributed by atoms with E-state index in [1.54, 1.807) is 12.1 Å². The number of hydrogen-bond acceptors (Lipinski definition) is 5. The van der Waals surface area contributed by atoms with Crippen LogP contribution in [0.3, 0.4) is 0 Å². The third-order valence-electron chi connectivity index (χ3n) is 2.50. The Hall–Kier alpha value is -1.89. The summed E-state index contributed by atoms with van der Waals surface area (Å²) in [7, 11) is -4.56. The van der Waals surface area contributed by atoms with Crippen LogP contribution in [0.4, 0.5) is 5.69 Å². The van der Waals surface area contributed by atoms with Crippen molar-refractivity contribution in [2.75, 3.05) is 0 Å². The minimum Gasteiger partial charge on any atom is -0.455 e. The molecule has 0 fully saturated rings. The van der Waals surface area contributed by atoms with E-state index in [1.807, 2.05) is 0 Å². The first-order valence-corrected chi connectivity index (χ1v) is 7.83. The summed E-state index contributed by atoms with van der Waals surface area (Å²) in [5, 5.41) is 0.174. The van der Waals surface area contributed by atoms with E-state index in [1.165, 1.54) is 18.2 Å². The third kappa shape index (κ3) is 3.85. The van der Waals surface area contributed by atoms with E-state index in [0.29, 0.717) is 10.8 Å². The van der Waals surface area contributed by atoms with Gasteiger partial charge < -0.3 is 4.74 Å². The van der Waals surface area contributed by atoms with Gasteiger partial charge in [0.25, 0.3) is 10.1 Å². The molecule has 0 aromatic heterocycles. The zero-order valence-electron chi connectivity index (χ0n) is 10.7. The van der Waals surface area contributed by atoms with E-state index in [-0.39, 0.29) is 16.5 Å². The standard InChI is InChI=1S/C13H7Cl2NO5S/c14-8-1-3-9(4-2-8)21-12-6-13(22(18,19)20)10(15)5-11(12)16-7-17/h1-6H,(H,18,19,20). The van der Waals surface area contributed by atoms with Crippen LogP contribution < -0.4 is 4.74 Å². The van der Waals surface area contributed by atoms with Gasteiger partial charge in [-0.15, -0.1) is 0 Å². The molecule has 2 aromatic rings. The van der Waals surface area contributed by atoms with Gasteiger partial charge in [-0.3, -0.25) is 4.55 Å². The SMILES string of the molecule is O=C=Nc1cc(Cl)c(S(=O)(=O)O)cc1Oc1ccc(Cl)cc1. The van der Waals surface area contributed by atoms with Crippen LogP contribution in [0.1, 0.15) is 0 Å². The topological polar surface area (TPSA) is 93.0 Å². The Bertz CT molecular complexity index is 859. The number of rotatable bonds is 4. The molecule has 0 bridgehead atoms. The minimum atomic E-state index is -4.56. The average Bonchev–Trinajstić information content (AvgIpc) is 2.43. The fraction of sp³-hybridized carbons (Fsp3) is 0. The van der Waals surface area contributed by atoms with Gasteiger partial charge in [0.2, 0.25) is 6.08 Å². The summed E-state index contributed by atoms with van der Waals surface area (Å²) in [5.74, 6) is 0.220. The van der Waals surface area contributed by atoms with Crippen molar-refractivity contribution >= 4 is 45.1 Å². The second kappa shape index (κ2) is 6.48. The molecule has 0 heterocycles. The van der Waals surface area contributed by atoms with Crippen molar-refractivity contribution in [2.24, 2.45) is 4.99 Å². The first-order chi connectivity index (χ1) is 10.3. The Morgan fingerprint density at radius 1 is 1.14 bits per heavy atom. The van der Waals surface area contributed by atoms with Crippen LogP contribution in [0.5, 0.6) is 11.5 Å². The van der Waals surface area contributed by atoms with E-state index in [0.717, 1.165) is 12.1 Å². The summed E-state index contributed by atoms with van der Waals surface area (Å²) in [5.41, 5.74) is -0.0395. The summed E-state index contributed by atoms with van der Waals surface area (Å²) < 4.78 is 37.1. The molecular weight excluding hydrogens is 353 g/mol. The highest BCUT2D eigenvalue weighted by Crippen LogP contribution is 2.38. The number of isocyanates is 1. The summed E-state index contributed by atoms with van der Waals surface area (Å²) in [6.07, 6.45) is 1.31. The lowest BCUT2D eigenvalue weighted by Gasteiger charge is -2.10. The van der Waals surface area contributed by atoms with Crippen LogP contribution in [-0.2, 0) is 14.9 Å². The molecule has 0 aliphatic heterocycles. The normalized spacial score (nSPS) is 10.9. The Balaban J connectivity index is 2.56. The van der Waals surface area contributed by atoms with E-state index in [9.17, 15) is 13.2 Å². The molecule has 0 amide bonds. The molecule has 1 N–H and O–H groups in total. The molecule has 6 nitrogen and oxygen atoms in total. The predicted octanol–water partition coefficient (Wildman–Crippen LogP) is 4.00. The lowest BCUT2D eigenvalue weighted by atomic mass is 10.3. The highest BCUT2D eigenvalue weighted by atomic mass is 35.5. The largest absolute Gasteiger partial charge is 0.455 e. The lowest BCUT2D eigenvalue weighted by molar-refractivity contribution is 0.472. The molecule has 0 spiro atoms. The Labute approximate surface area is 135 Å². The maximum atomic E-state index is 11.3. The van der Waals surface area contributed by atoms with Crippen LogP contribution in [0.15, 0.2) is 46.3 Å². The molecule has 114 valence electrons.